The van der Waals surface area contributed by atoms with E-state index in [1.807, 2.05) is 75.4 Å². The lowest BCUT2D eigenvalue weighted by atomic mass is 10.0. The second-order valence-corrected chi connectivity index (χ2v) is 8.43. The fourth-order valence-corrected chi connectivity index (χ4v) is 4.39. The van der Waals surface area contributed by atoms with Crippen molar-refractivity contribution >= 4 is 45.1 Å². The summed E-state index contributed by atoms with van der Waals surface area (Å²) in [5.41, 5.74) is 6.82. The highest BCUT2D eigenvalue weighted by molar-refractivity contribution is 6.36. The number of hydrogen-bond acceptors (Lipinski definition) is 3. The van der Waals surface area contributed by atoms with E-state index in [1.54, 1.807) is 6.07 Å². The summed E-state index contributed by atoms with van der Waals surface area (Å²) in [4.78, 5) is 17.9. The Balaban J connectivity index is 1.53. The van der Waals surface area contributed by atoms with Crippen LogP contribution in [0.2, 0.25) is 5.02 Å². The molecule has 158 valence electrons. The Morgan fingerprint density at radius 3 is 2.53 bits per heavy atom. The van der Waals surface area contributed by atoms with Crippen LogP contribution in [0.1, 0.15) is 27.0 Å². The largest absolute Gasteiger partial charge is 0.436 e. The number of oxazole rings is 1. The monoisotopic (exact) mass is 440 g/mol. The van der Waals surface area contributed by atoms with Crippen LogP contribution in [0.3, 0.4) is 0 Å². The molecule has 0 aliphatic carbocycles. The SMILES string of the molecule is Cc1cc(C)c2oc(-c3cccc(NC(=O)c4cccc5c(Cl)cccc45)c3C)nc2c1. The van der Waals surface area contributed by atoms with Crippen LogP contribution in [0, 0.1) is 20.8 Å². The summed E-state index contributed by atoms with van der Waals surface area (Å²) in [5.74, 6) is 0.349. The fraction of sp³-hybridized carbons (Fsp3) is 0.111. The smallest absolute Gasteiger partial charge is 0.256 e. The van der Waals surface area contributed by atoms with E-state index in [4.69, 9.17) is 21.0 Å². The number of halogens is 1. The Bertz CT molecular complexity index is 1520. The molecule has 32 heavy (non-hydrogen) atoms. The van der Waals surface area contributed by atoms with E-state index in [0.717, 1.165) is 44.1 Å². The highest BCUT2D eigenvalue weighted by Crippen LogP contribution is 2.33. The standard InChI is InChI=1S/C27H21ClN2O2/c1-15-13-16(2)25-24(14-15)30-27(32-25)18-7-6-12-23(17(18)3)29-26(31)21-10-4-9-20-19(21)8-5-11-22(20)28/h4-14H,1-3H3,(H,29,31). The van der Waals surface area contributed by atoms with Crippen molar-refractivity contribution in [2.75, 3.05) is 5.32 Å². The summed E-state index contributed by atoms with van der Waals surface area (Å²) < 4.78 is 6.10. The maximum absolute atomic E-state index is 13.2. The molecule has 4 aromatic carbocycles. The number of aryl methyl sites for hydroxylation is 2. The average Bonchev–Trinajstić information content (AvgIpc) is 3.19. The summed E-state index contributed by atoms with van der Waals surface area (Å²) in [6.07, 6.45) is 0. The number of carbonyl (C=O) groups is 1. The molecule has 0 radical (unpaired) electrons. The number of amides is 1. The molecule has 5 heteroatoms. The predicted molar refractivity (Wildman–Crippen MR) is 131 cm³/mol. The molecule has 1 heterocycles. The number of anilines is 1. The summed E-state index contributed by atoms with van der Waals surface area (Å²) in [6, 6.07) is 21.0. The fourth-order valence-electron chi connectivity index (χ4n) is 4.15. The number of nitrogens with one attached hydrogen (secondary N) is 1. The third-order valence-electron chi connectivity index (χ3n) is 5.75. The van der Waals surface area contributed by atoms with E-state index in [-0.39, 0.29) is 5.91 Å². The van der Waals surface area contributed by atoms with Crippen LogP contribution in [0.15, 0.2) is 71.1 Å². The molecule has 0 saturated heterocycles. The molecule has 1 amide bonds. The first-order valence-corrected chi connectivity index (χ1v) is 10.8. The van der Waals surface area contributed by atoms with Gasteiger partial charge in [-0.05, 0) is 73.2 Å². The van der Waals surface area contributed by atoms with Crippen molar-refractivity contribution in [2.24, 2.45) is 0 Å². The van der Waals surface area contributed by atoms with Crippen LogP contribution in [0.25, 0.3) is 33.3 Å². The molecule has 0 spiro atoms. The van der Waals surface area contributed by atoms with Crippen LogP contribution >= 0.6 is 11.6 Å². The molecule has 5 aromatic rings. The molecule has 0 atom stereocenters. The van der Waals surface area contributed by atoms with Gasteiger partial charge in [0.15, 0.2) is 5.58 Å². The molecule has 0 fully saturated rings. The topological polar surface area (TPSA) is 55.1 Å². The minimum Gasteiger partial charge on any atom is -0.436 e. The molecule has 1 aromatic heterocycles. The number of hydrogen-bond donors (Lipinski definition) is 1. The molecule has 0 saturated carbocycles. The van der Waals surface area contributed by atoms with Gasteiger partial charge in [-0.3, -0.25) is 4.79 Å². The van der Waals surface area contributed by atoms with E-state index >= 15 is 0 Å². The molecule has 0 aliphatic rings. The lowest BCUT2D eigenvalue weighted by molar-refractivity contribution is 0.102. The number of fused-ring (bicyclic) bond motifs is 2. The number of carbonyl (C=O) groups excluding carboxylic acids is 1. The van der Waals surface area contributed by atoms with Gasteiger partial charge in [0.2, 0.25) is 5.89 Å². The quantitative estimate of drug-likeness (QED) is 0.316. The Hall–Kier alpha value is -3.63. The van der Waals surface area contributed by atoms with Crippen molar-refractivity contribution in [1.29, 1.82) is 0 Å². The van der Waals surface area contributed by atoms with Gasteiger partial charge >= 0.3 is 0 Å². The van der Waals surface area contributed by atoms with Gasteiger partial charge in [0, 0.05) is 27.2 Å². The van der Waals surface area contributed by atoms with E-state index in [1.165, 1.54) is 0 Å². The van der Waals surface area contributed by atoms with Gasteiger partial charge in [0.05, 0.1) is 0 Å². The third kappa shape index (κ3) is 3.43. The van der Waals surface area contributed by atoms with E-state index in [0.29, 0.717) is 22.2 Å². The van der Waals surface area contributed by atoms with Gasteiger partial charge in [-0.15, -0.1) is 0 Å². The lowest BCUT2D eigenvalue weighted by Gasteiger charge is -2.12. The van der Waals surface area contributed by atoms with Crippen LogP contribution < -0.4 is 5.32 Å². The highest BCUT2D eigenvalue weighted by Gasteiger charge is 2.17. The van der Waals surface area contributed by atoms with E-state index in [2.05, 4.69) is 11.4 Å². The second-order valence-electron chi connectivity index (χ2n) is 8.02. The number of rotatable bonds is 3. The zero-order valence-electron chi connectivity index (χ0n) is 18.0. The van der Waals surface area contributed by atoms with Gasteiger partial charge in [-0.1, -0.05) is 48.0 Å². The van der Waals surface area contributed by atoms with Gasteiger partial charge in [-0.25, -0.2) is 4.98 Å². The summed E-state index contributed by atoms with van der Waals surface area (Å²) in [7, 11) is 0. The van der Waals surface area contributed by atoms with Crippen molar-refractivity contribution in [3.05, 3.63) is 94.0 Å². The number of aromatic nitrogens is 1. The third-order valence-corrected chi connectivity index (χ3v) is 6.08. The van der Waals surface area contributed by atoms with E-state index in [9.17, 15) is 4.79 Å². The lowest BCUT2D eigenvalue weighted by Crippen LogP contribution is -2.13. The molecular weight excluding hydrogens is 420 g/mol. The van der Waals surface area contributed by atoms with Crippen molar-refractivity contribution in [1.82, 2.24) is 4.98 Å². The number of nitrogens with zero attached hydrogens (tertiary/aromatic N) is 1. The first-order chi connectivity index (χ1) is 15.4. The van der Waals surface area contributed by atoms with Crippen LogP contribution in [0.4, 0.5) is 5.69 Å². The first kappa shape index (κ1) is 20.3. The molecule has 4 nitrogen and oxygen atoms in total. The molecule has 5 rings (SSSR count). The molecule has 0 aliphatic heterocycles. The first-order valence-electron chi connectivity index (χ1n) is 10.4. The highest BCUT2D eigenvalue weighted by atomic mass is 35.5. The second kappa shape index (κ2) is 7.81. The Morgan fingerprint density at radius 1 is 0.938 bits per heavy atom. The summed E-state index contributed by atoms with van der Waals surface area (Å²) in [5, 5.41) is 5.34. The van der Waals surface area contributed by atoms with Crippen molar-refractivity contribution in [3.8, 4) is 11.5 Å². The molecule has 0 bridgehead atoms. The van der Waals surface area contributed by atoms with Gasteiger partial charge in [-0.2, -0.15) is 0 Å². The Kier molecular flexibility index (Phi) is 4.95. The maximum atomic E-state index is 13.2. The van der Waals surface area contributed by atoms with Crippen molar-refractivity contribution in [2.45, 2.75) is 20.8 Å². The van der Waals surface area contributed by atoms with Gasteiger partial charge < -0.3 is 9.73 Å². The van der Waals surface area contributed by atoms with Gasteiger partial charge in [0.1, 0.15) is 5.52 Å². The van der Waals surface area contributed by atoms with Crippen LogP contribution in [-0.4, -0.2) is 10.9 Å². The minimum absolute atomic E-state index is 0.192. The zero-order chi connectivity index (χ0) is 22.4. The van der Waals surface area contributed by atoms with Crippen molar-refractivity contribution in [3.63, 3.8) is 0 Å². The molecule has 0 unspecified atom stereocenters. The normalized spacial score (nSPS) is 11.2. The number of benzene rings is 4. The average molecular weight is 441 g/mol. The zero-order valence-corrected chi connectivity index (χ0v) is 18.7. The summed E-state index contributed by atoms with van der Waals surface area (Å²) >= 11 is 6.31. The molecular formula is C27H21ClN2O2. The van der Waals surface area contributed by atoms with Crippen molar-refractivity contribution < 1.29 is 9.21 Å². The van der Waals surface area contributed by atoms with Gasteiger partial charge in [0.25, 0.3) is 5.91 Å². The Morgan fingerprint density at radius 2 is 1.69 bits per heavy atom. The Labute approximate surface area is 190 Å². The molecule has 1 N–H and O–H groups in total. The van der Waals surface area contributed by atoms with E-state index < -0.39 is 0 Å². The van der Waals surface area contributed by atoms with Crippen LogP contribution in [0.5, 0.6) is 0 Å². The van der Waals surface area contributed by atoms with Crippen LogP contribution in [-0.2, 0) is 0 Å². The minimum atomic E-state index is -0.192. The summed E-state index contributed by atoms with van der Waals surface area (Å²) in [6.45, 7) is 6.02. The maximum Gasteiger partial charge on any atom is 0.256 e. The predicted octanol–water partition coefficient (Wildman–Crippen LogP) is 7.48.